The lowest BCUT2D eigenvalue weighted by Crippen LogP contribution is -2.48. The fourth-order valence-electron chi connectivity index (χ4n) is 4.79. The van der Waals surface area contributed by atoms with E-state index in [0.29, 0.717) is 6.04 Å². The van der Waals surface area contributed by atoms with Gasteiger partial charge in [-0.1, -0.05) is 24.6 Å². The molecule has 0 radical (unpaired) electrons. The zero-order valence-electron chi connectivity index (χ0n) is 16.0. The Kier molecular flexibility index (Phi) is 6.10. The van der Waals surface area contributed by atoms with E-state index in [1.165, 1.54) is 38.0 Å². The molecular formula is C21H34N4O. The van der Waals surface area contributed by atoms with Gasteiger partial charge in [0.25, 0.3) is 0 Å². The van der Waals surface area contributed by atoms with E-state index in [1.54, 1.807) is 0 Å². The van der Waals surface area contributed by atoms with E-state index in [-0.39, 0.29) is 6.10 Å². The van der Waals surface area contributed by atoms with Gasteiger partial charge in [0, 0.05) is 64.1 Å². The monoisotopic (exact) mass is 358 g/mol. The number of β-amino-alcohol motifs (C(OH)–C–C–N with tert-alkyl or cyclic N) is 1. The fraction of sp³-hybridized carbons (Fsp3) is 0.714. The van der Waals surface area contributed by atoms with Crippen LogP contribution in [0, 0.1) is 0 Å². The zero-order valence-corrected chi connectivity index (χ0v) is 16.0. The largest absolute Gasteiger partial charge is 0.390 e. The van der Waals surface area contributed by atoms with Gasteiger partial charge in [-0.3, -0.25) is 14.7 Å². The molecule has 4 rings (SSSR count). The van der Waals surface area contributed by atoms with Crippen molar-refractivity contribution in [3.05, 3.63) is 30.3 Å². The Bertz CT molecular complexity index is 540. The van der Waals surface area contributed by atoms with Crippen LogP contribution < -0.4 is 4.90 Å². The normalized spacial score (nSPS) is 29.3. The smallest absolute Gasteiger partial charge is 0.0834 e. The molecule has 1 aromatic carbocycles. The second-order valence-corrected chi connectivity index (χ2v) is 8.16. The maximum atomic E-state index is 10.5. The van der Waals surface area contributed by atoms with Crippen LogP contribution in [0.2, 0.25) is 0 Å². The Labute approximate surface area is 158 Å². The molecule has 3 aliphatic rings. The molecule has 0 bridgehead atoms. The van der Waals surface area contributed by atoms with E-state index in [2.05, 4.69) is 49.9 Å². The molecule has 0 aromatic heterocycles. The molecule has 3 aliphatic heterocycles. The predicted octanol–water partition coefficient (Wildman–Crippen LogP) is 1.34. The standard InChI is InChI=1S/C21H34N4O/c26-21-18-23(17-20(21)25-9-5-2-6-10-25)12-11-22-13-15-24(16-14-22)19-7-3-1-4-8-19/h1,3-4,7-8,20-21,26H,2,5-6,9-18H2/t20-,21-/m0/s1. The Morgan fingerprint density at radius 1 is 0.769 bits per heavy atom. The molecule has 3 heterocycles. The number of rotatable bonds is 5. The van der Waals surface area contributed by atoms with Crippen molar-refractivity contribution in [2.24, 2.45) is 0 Å². The summed E-state index contributed by atoms with van der Waals surface area (Å²) in [7, 11) is 0. The zero-order chi connectivity index (χ0) is 17.8. The summed E-state index contributed by atoms with van der Waals surface area (Å²) in [5.74, 6) is 0. The van der Waals surface area contributed by atoms with E-state index in [0.717, 1.165) is 52.4 Å². The first-order valence-electron chi connectivity index (χ1n) is 10.5. The molecule has 0 spiro atoms. The molecule has 5 heteroatoms. The van der Waals surface area contributed by atoms with Gasteiger partial charge < -0.3 is 10.0 Å². The predicted molar refractivity (Wildman–Crippen MR) is 107 cm³/mol. The van der Waals surface area contributed by atoms with Crippen molar-refractivity contribution in [1.29, 1.82) is 0 Å². The number of anilines is 1. The highest BCUT2D eigenvalue weighted by atomic mass is 16.3. The van der Waals surface area contributed by atoms with Crippen molar-refractivity contribution < 1.29 is 5.11 Å². The summed E-state index contributed by atoms with van der Waals surface area (Å²) in [6.07, 6.45) is 3.80. The molecule has 3 fully saturated rings. The third-order valence-corrected chi connectivity index (χ3v) is 6.42. The summed E-state index contributed by atoms with van der Waals surface area (Å²) >= 11 is 0. The number of hydrogen-bond acceptors (Lipinski definition) is 5. The average Bonchev–Trinajstić information content (AvgIpc) is 3.09. The molecule has 0 amide bonds. The van der Waals surface area contributed by atoms with Gasteiger partial charge in [-0.2, -0.15) is 0 Å². The molecular weight excluding hydrogens is 324 g/mol. The van der Waals surface area contributed by atoms with Crippen molar-refractivity contribution in [3.63, 3.8) is 0 Å². The van der Waals surface area contributed by atoms with Crippen LogP contribution in [0.4, 0.5) is 5.69 Å². The van der Waals surface area contributed by atoms with Crippen LogP contribution in [0.3, 0.4) is 0 Å². The molecule has 0 saturated carbocycles. The Morgan fingerprint density at radius 2 is 1.46 bits per heavy atom. The van der Waals surface area contributed by atoms with Crippen molar-refractivity contribution in [3.8, 4) is 0 Å². The van der Waals surface area contributed by atoms with E-state index < -0.39 is 0 Å². The SMILES string of the molecule is O[C@H]1CN(CCN2CCN(c3ccccc3)CC2)C[C@@H]1N1CCCCC1. The quantitative estimate of drug-likeness (QED) is 0.859. The van der Waals surface area contributed by atoms with E-state index in [4.69, 9.17) is 0 Å². The summed E-state index contributed by atoms with van der Waals surface area (Å²) in [5.41, 5.74) is 1.35. The van der Waals surface area contributed by atoms with Crippen LogP contribution in [-0.2, 0) is 0 Å². The lowest BCUT2D eigenvalue weighted by atomic mass is 10.1. The molecule has 26 heavy (non-hydrogen) atoms. The number of benzene rings is 1. The van der Waals surface area contributed by atoms with Gasteiger partial charge in [0.1, 0.15) is 0 Å². The first kappa shape index (κ1) is 18.2. The van der Waals surface area contributed by atoms with Crippen LogP contribution >= 0.6 is 0 Å². The highest BCUT2D eigenvalue weighted by Gasteiger charge is 2.35. The maximum absolute atomic E-state index is 10.5. The van der Waals surface area contributed by atoms with Gasteiger partial charge in [-0.15, -0.1) is 0 Å². The van der Waals surface area contributed by atoms with Gasteiger partial charge in [-0.25, -0.2) is 0 Å². The Balaban J connectivity index is 1.19. The van der Waals surface area contributed by atoms with Crippen molar-refractivity contribution in [2.75, 3.05) is 70.3 Å². The number of piperazine rings is 1. The first-order valence-corrected chi connectivity index (χ1v) is 10.5. The lowest BCUT2D eigenvalue weighted by Gasteiger charge is -2.37. The molecule has 5 nitrogen and oxygen atoms in total. The second kappa shape index (κ2) is 8.70. The number of aliphatic hydroxyl groups excluding tert-OH is 1. The van der Waals surface area contributed by atoms with Gasteiger partial charge in [0.15, 0.2) is 0 Å². The number of aliphatic hydroxyl groups is 1. The van der Waals surface area contributed by atoms with Crippen molar-refractivity contribution in [1.82, 2.24) is 14.7 Å². The molecule has 1 aromatic rings. The molecule has 1 N–H and O–H groups in total. The summed E-state index contributed by atoms with van der Waals surface area (Å²) in [6.45, 7) is 11.0. The molecule has 2 atom stereocenters. The van der Waals surface area contributed by atoms with Crippen LogP contribution in [0.1, 0.15) is 19.3 Å². The van der Waals surface area contributed by atoms with Gasteiger partial charge in [0.2, 0.25) is 0 Å². The fourth-order valence-corrected chi connectivity index (χ4v) is 4.79. The van der Waals surface area contributed by atoms with Crippen LogP contribution in [0.25, 0.3) is 0 Å². The van der Waals surface area contributed by atoms with Crippen molar-refractivity contribution in [2.45, 2.75) is 31.4 Å². The average molecular weight is 359 g/mol. The third-order valence-electron chi connectivity index (χ3n) is 6.42. The van der Waals surface area contributed by atoms with Gasteiger partial charge >= 0.3 is 0 Å². The summed E-state index contributed by atoms with van der Waals surface area (Å²) in [6, 6.07) is 11.1. The Morgan fingerprint density at radius 3 is 2.19 bits per heavy atom. The molecule has 0 aliphatic carbocycles. The highest BCUT2D eigenvalue weighted by molar-refractivity contribution is 5.46. The van der Waals surface area contributed by atoms with Crippen LogP contribution in [-0.4, -0.2) is 97.4 Å². The summed E-state index contributed by atoms with van der Waals surface area (Å²) < 4.78 is 0. The van der Waals surface area contributed by atoms with Crippen LogP contribution in [0.5, 0.6) is 0 Å². The molecule has 144 valence electrons. The minimum atomic E-state index is -0.164. The lowest BCUT2D eigenvalue weighted by molar-refractivity contribution is 0.0705. The highest BCUT2D eigenvalue weighted by Crippen LogP contribution is 2.21. The Hall–Kier alpha value is -1.14. The summed E-state index contributed by atoms with van der Waals surface area (Å²) in [5, 5.41) is 10.5. The van der Waals surface area contributed by atoms with Gasteiger partial charge in [0.05, 0.1) is 6.10 Å². The van der Waals surface area contributed by atoms with E-state index in [1.807, 2.05) is 0 Å². The number of para-hydroxylation sites is 1. The minimum absolute atomic E-state index is 0.164. The number of piperidine rings is 1. The molecule has 3 saturated heterocycles. The van der Waals surface area contributed by atoms with E-state index >= 15 is 0 Å². The maximum Gasteiger partial charge on any atom is 0.0834 e. The van der Waals surface area contributed by atoms with Crippen molar-refractivity contribution >= 4 is 5.69 Å². The van der Waals surface area contributed by atoms with Crippen LogP contribution in [0.15, 0.2) is 30.3 Å². The number of likely N-dealkylation sites (tertiary alicyclic amines) is 2. The second-order valence-electron chi connectivity index (χ2n) is 8.16. The number of nitrogens with zero attached hydrogens (tertiary/aromatic N) is 4. The van der Waals surface area contributed by atoms with E-state index in [9.17, 15) is 5.11 Å². The minimum Gasteiger partial charge on any atom is -0.390 e. The first-order chi connectivity index (χ1) is 12.8. The topological polar surface area (TPSA) is 33.2 Å². The summed E-state index contributed by atoms with van der Waals surface area (Å²) in [4.78, 5) is 10.1. The molecule has 0 unspecified atom stereocenters. The number of hydrogen-bond donors (Lipinski definition) is 1. The van der Waals surface area contributed by atoms with Gasteiger partial charge in [-0.05, 0) is 38.1 Å². The third kappa shape index (κ3) is 4.39.